The molecule has 0 amide bonds. The molecule has 0 spiro atoms. The van der Waals surface area contributed by atoms with E-state index < -0.39 is 14.9 Å². The van der Waals surface area contributed by atoms with E-state index in [0.29, 0.717) is 18.1 Å². The highest BCUT2D eigenvalue weighted by Crippen LogP contribution is 2.16. The van der Waals surface area contributed by atoms with Gasteiger partial charge >= 0.3 is 0 Å². The molecular weight excluding hydrogens is 528 g/mol. The maximum Gasteiger partial charge on any atom is 0.270 e. The first-order valence-corrected chi connectivity index (χ1v) is 10.1. The zero-order chi connectivity index (χ0) is 21.4. The Morgan fingerprint density at radius 2 is 1.90 bits per heavy atom. The lowest BCUT2D eigenvalue weighted by atomic mass is 10.1. The molecule has 0 heterocycles. The number of guanidine groups is 1. The van der Waals surface area contributed by atoms with E-state index in [-0.39, 0.29) is 53.5 Å². The van der Waals surface area contributed by atoms with Crippen molar-refractivity contribution in [2.45, 2.75) is 18.4 Å². The smallest absolute Gasteiger partial charge is 0.270 e. The summed E-state index contributed by atoms with van der Waals surface area (Å²) in [5, 5.41) is 16.8. The summed E-state index contributed by atoms with van der Waals surface area (Å²) in [6.45, 7) is 2.37. The number of hydrogen-bond acceptors (Lipinski definition) is 5. The van der Waals surface area contributed by atoms with Crippen LogP contribution in [0, 0.1) is 22.9 Å². The third-order valence-corrected chi connectivity index (χ3v) is 5.41. The molecule has 30 heavy (non-hydrogen) atoms. The van der Waals surface area contributed by atoms with Crippen molar-refractivity contribution in [3.05, 3.63) is 69.5 Å². The van der Waals surface area contributed by atoms with Crippen molar-refractivity contribution in [2.75, 3.05) is 20.1 Å². The summed E-state index contributed by atoms with van der Waals surface area (Å²) in [6, 6.07) is 9.60. The monoisotopic (exact) mass is 551 g/mol. The second-order valence-corrected chi connectivity index (χ2v) is 7.86. The number of benzene rings is 2. The Balaban J connectivity index is 0.00000450. The molecule has 0 aliphatic heterocycles. The first-order valence-electron chi connectivity index (χ1n) is 8.66. The summed E-state index contributed by atoms with van der Waals surface area (Å²) in [7, 11) is -2.31. The fraction of sp³-hybridized carbons (Fsp3) is 0.278. The minimum Gasteiger partial charge on any atom is -0.355 e. The summed E-state index contributed by atoms with van der Waals surface area (Å²) in [4.78, 5) is 14.0. The van der Waals surface area contributed by atoms with E-state index in [9.17, 15) is 22.9 Å². The maximum absolute atomic E-state index is 13.3. The average Bonchev–Trinajstić information content (AvgIpc) is 2.70. The molecule has 0 saturated heterocycles. The number of nitrogens with one attached hydrogen (secondary N) is 3. The van der Waals surface area contributed by atoms with Crippen molar-refractivity contribution >= 4 is 45.6 Å². The van der Waals surface area contributed by atoms with Crippen LogP contribution in [0.3, 0.4) is 0 Å². The van der Waals surface area contributed by atoms with Gasteiger partial charge in [-0.15, -0.1) is 24.0 Å². The van der Waals surface area contributed by atoms with Gasteiger partial charge < -0.3 is 10.6 Å². The largest absolute Gasteiger partial charge is 0.355 e. The summed E-state index contributed by atoms with van der Waals surface area (Å²) < 4.78 is 40.2. The van der Waals surface area contributed by atoms with Crippen LogP contribution in [0.2, 0.25) is 0 Å². The molecule has 164 valence electrons. The molecule has 12 heteroatoms. The fourth-order valence-electron chi connectivity index (χ4n) is 2.44. The second-order valence-electron chi connectivity index (χ2n) is 6.09. The number of aryl methyl sites for hydroxylation is 1. The van der Waals surface area contributed by atoms with Crippen LogP contribution in [0.4, 0.5) is 10.1 Å². The Morgan fingerprint density at radius 1 is 1.17 bits per heavy atom. The molecule has 0 radical (unpaired) electrons. The molecule has 0 aliphatic rings. The molecule has 0 fully saturated rings. The number of sulfonamides is 1. The van der Waals surface area contributed by atoms with Crippen LogP contribution in [0.15, 0.2) is 52.4 Å². The Kier molecular flexibility index (Phi) is 10.1. The van der Waals surface area contributed by atoms with Gasteiger partial charge in [-0.25, -0.2) is 17.5 Å². The molecule has 0 atom stereocenters. The topological polar surface area (TPSA) is 126 Å². The number of nitrogens with zero attached hydrogens (tertiary/aromatic N) is 2. The van der Waals surface area contributed by atoms with E-state index in [4.69, 9.17) is 0 Å². The molecule has 0 aromatic heterocycles. The summed E-state index contributed by atoms with van der Waals surface area (Å²) >= 11 is 0. The van der Waals surface area contributed by atoms with Gasteiger partial charge in [0, 0.05) is 38.8 Å². The third-order valence-electron chi connectivity index (χ3n) is 3.95. The lowest BCUT2D eigenvalue weighted by Crippen LogP contribution is -2.41. The van der Waals surface area contributed by atoms with Gasteiger partial charge in [-0.3, -0.25) is 15.1 Å². The van der Waals surface area contributed by atoms with E-state index in [1.807, 2.05) is 0 Å². The number of nitro groups is 1. The van der Waals surface area contributed by atoms with Gasteiger partial charge in [-0.1, -0.05) is 18.2 Å². The Labute approximate surface area is 191 Å². The standard InChI is InChI=1S/C18H22FN5O4S.HI/c1-13-10-14(6-7-17(13)19)12-22-18(20-2)21-8-9-23-29(27,28)16-5-3-4-15(11-16)24(25)26;/h3-7,10-11,23H,8-9,12H2,1-2H3,(H2,20,21,22);1H. The van der Waals surface area contributed by atoms with Crippen molar-refractivity contribution in [3.63, 3.8) is 0 Å². The summed E-state index contributed by atoms with van der Waals surface area (Å²) in [5.41, 5.74) is 1.12. The van der Waals surface area contributed by atoms with Gasteiger partial charge in [0.15, 0.2) is 5.96 Å². The highest BCUT2D eigenvalue weighted by molar-refractivity contribution is 14.0. The molecule has 3 N–H and O–H groups in total. The van der Waals surface area contributed by atoms with Gasteiger partial charge in [0.1, 0.15) is 5.82 Å². The maximum atomic E-state index is 13.3. The number of aliphatic imine (C=N–C) groups is 1. The number of rotatable bonds is 8. The van der Waals surface area contributed by atoms with Crippen molar-refractivity contribution in [1.29, 1.82) is 0 Å². The van der Waals surface area contributed by atoms with Gasteiger partial charge in [0.05, 0.1) is 9.82 Å². The van der Waals surface area contributed by atoms with Crippen LogP contribution in [-0.4, -0.2) is 39.4 Å². The van der Waals surface area contributed by atoms with Gasteiger partial charge in [-0.05, 0) is 30.2 Å². The van der Waals surface area contributed by atoms with E-state index >= 15 is 0 Å². The minimum absolute atomic E-state index is 0. The molecule has 2 aromatic carbocycles. The Bertz CT molecular complexity index is 1020. The predicted molar refractivity (Wildman–Crippen MR) is 123 cm³/mol. The van der Waals surface area contributed by atoms with E-state index in [1.54, 1.807) is 26.1 Å². The highest BCUT2D eigenvalue weighted by Gasteiger charge is 2.17. The molecule has 0 aliphatic carbocycles. The summed E-state index contributed by atoms with van der Waals surface area (Å²) in [5.74, 6) is 0.175. The van der Waals surface area contributed by atoms with Crippen molar-refractivity contribution in [1.82, 2.24) is 15.4 Å². The van der Waals surface area contributed by atoms with E-state index in [2.05, 4.69) is 20.3 Å². The quantitative estimate of drug-likeness (QED) is 0.116. The third kappa shape index (κ3) is 7.50. The lowest BCUT2D eigenvalue weighted by Gasteiger charge is -2.13. The summed E-state index contributed by atoms with van der Waals surface area (Å²) in [6.07, 6.45) is 0. The highest BCUT2D eigenvalue weighted by atomic mass is 127. The minimum atomic E-state index is -3.88. The van der Waals surface area contributed by atoms with Gasteiger partial charge in [0.2, 0.25) is 10.0 Å². The zero-order valence-corrected chi connectivity index (χ0v) is 19.5. The molecule has 2 aromatic rings. The molecule has 0 unspecified atom stereocenters. The van der Waals surface area contributed by atoms with Crippen molar-refractivity contribution in [3.8, 4) is 0 Å². The number of hydrogen-bond donors (Lipinski definition) is 3. The van der Waals surface area contributed by atoms with Crippen LogP contribution in [0.1, 0.15) is 11.1 Å². The lowest BCUT2D eigenvalue weighted by molar-refractivity contribution is -0.385. The molecule has 9 nitrogen and oxygen atoms in total. The van der Waals surface area contributed by atoms with Gasteiger partial charge in [-0.2, -0.15) is 0 Å². The van der Waals surface area contributed by atoms with Crippen molar-refractivity contribution < 1.29 is 17.7 Å². The number of non-ortho nitro benzene ring substituents is 1. The SMILES string of the molecule is CN=C(NCCNS(=O)(=O)c1cccc([N+](=O)[O-])c1)NCc1ccc(F)c(C)c1.I. The number of halogens is 2. The van der Waals surface area contributed by atoms with Crippen LogP contribution in [0.5, 0.6) is 0 Å². The average molecular weight is 551 g/mol. The molecular formula is C18H23FIN5O4S. The van der Waals surface area contributed by atoms with Crippen LogP contribution < -0.4 is 15.4 Å². The Hall–Kier alpha value is -2.32. The first-order chi connectivity index (χ1) is 13.7. The first kappa shape index (κ1) is 25.7. The Morgan fingerprint density at radius 3 is 2.53 bits per heavy atom. The second kappa shape index (κ2) is 11.8. The van der Waals surface area contributed by atoms with Crippen LogP contribution >= 0.6 is 24.0 Å². The fourth-order valence-corrected chi connectivity index (χ4v) is 3.51. The van der Waals surface area contributed by atoms with E-state index in [1.165, 1.54) is 24.3 Å². The van der Waals surface area contributed by atoms with Crippen LogP contribution in [-0.2, 0) is 16.6 Å². The normalized spacial score (nSPS) is 11.5. The van der Waals surface area contributed by atoms with E-state index in [0.717, 1.165) is 11.6 Å². The van der Waals surface area contributed by atoms with Crippen LogP contribution in [0.25, 0.3) is 0 Å². The predicted octanol–water partition coefficient (Wildman–Crippen LogP) is 2.30. The number of nitro benzene ring substituents is 1. The van der Waals surface area contributed by atoms with Crippen molar-refractivity contribution in [2.24, 2.45) is 4.99 Å². The van der Waals surface area contributed by atoms with Gasteiger partial charge in [0.25, 0.3) is 5.69 Å². The molecule has 0 saturated carbocycles. The molecule has 2 rings (SSSR count). The zero-order valence-electron chi connectivity index (χ0n) is 16.4. The molecule has 0 bridgehead atoms.